The molecule has 2 heterocycles. The number of nitrogens with zero attached hydrogens (tertiary/aromatic N) is 1. The second-order valence-electron chi connectivity index (χ2n) is 4.15. The molecule has 0 aromatic heterocycles. The number of piperidine rings is 1. The van der Waals surface area contributed by atoms with Gasteiger partial charge in [-0.1, -0.05) is 0 Å². The summed E-state index contributed by atoms with van der Waals surface area (Å²) in [7, 11) is 2.14. The summed E-state index contributed by atoms with van der Waals surface area (Å²) < 4.78 is 0. The molecule has 0 bridgehead atoms. The van der Waals surface area contributed by atoms with Crippen LogP contribution in [0.4, 0.5) is 0 Å². The Morgan fingerprint density at radius 1 is 1.38 bits per heavy atom. The van der Waals surface area contributed by atoms with Gasteiger partial charge in [0.15, 0.2) is 0 Å². The number of ketones is 1. The standard InChI is InChI=1S/C9H16N2O.ClH/c1-11-4-2-9(3-5-11)6-8(12)7-10-9;/h10H,2-7H2,1H3;1H. The second kappa shape index (κ2) is 3.95. The van der Waals surface area contributed by atoms with Crippen molar-refractivity contribution in [2.24, 2.45) is 0 Å². The van der Waals surface area contributed by atoms with Crippen molar-refractivity contribution >= 4 is 18.2 Å². The van der Waals surface area contributed by atoms with Crippen LogP contribution in [0.25, 0.3) is 0 Å². The summed E-state index contributed by atoms with van der Waals surface area (Å²) in [6.07, 6.45) is 3.03. The van der Waals surface area contributed by atoms with Crippen LogP contribution in [-0.4, -0.2) is 42.9 Å². The minimum absolute atomic E-state index is 0. The van der Waals surface area contributed by atoms with Gasteiger partial charge in [0, 0.05) is 12.0 Å². The fraction of sp³-hybridized carbons (Fsp3) is 0.889. The van der Waals surface area contributed by atoms with Gasteiger partial charge in [0.1, 0.15) is 5.78 Å². The molecule has 2 fully saturated rings. The molecule has 4 heteroatoms. The van der Waals surface area contributed by atoms with E-state index in [1.165, 1.54) is 0 Å². The maximum atomic E-state index is 11.1. The minimum Gasteiger partial charge on any atom is -0.306 e. The maximum absolute atomic E-state index is 11.1. The number of halogens is 1. The van der Waals surface area contributed by atoms with Crippen LogP contribution in [0, 0.1) is 0 Å². The van der Waals surface area contributed by atoms with Crippen molar-refractivity contribution in [1.29, 1.82) is 0 Å². The van der Waals surface area contributed by atoms with Crippen molar-refractivity contribution in [3.05, 3.63) is 0 Å². The van der Waals surface area contributed by atoms with E-state index in [2.05, 4.69) is 17.3 Å². The molecular formula is C9H17ClN2O. The van der Waals surface area contributed by atoms with E-state index >= 15 is 0 Å². The summed E-state index contributed by atoms with van der Waals surface area (Å²) in [6, 6.07) is 0. The lowest BCUT2D eigenvalue weighted by Gasteiger charge is -2.37. The van der Waals surface area contributed by atoms with Gasteiger partial charge in [-0.05, 0) is 33.0 Å². The summed E-state index contributed by atoms with van der Waals surface area (Å²) in [5, 5.41) is 3.37. The van der Waals surface area contributed by atoms with E-state index in [9.17, 15) is 4.79 Å². The molecule has 2 aliphatic heterocycles. The van der Waals surface area contributed by atoms with E-state index in [1.54, 1.807) is 0 Å². The highest BCUT2D eigenvalue weighted by Gasteiger charge is 2.39. The van der Waals surface area contributed by atoms with Crippen LogP contribution < -0.4 is 5.32 Å². The minimum atomic E-state index is 0. The highest BCUT2D eigenvalue weighted by Crippen LogP contribution is 2.28. The van der Waals surface area contributed by atoms with Crippen LogP contribution in [-0.2, 0) is 4.79 Å². The van der Waals surface area contributed by atoms with Crippen LogP contribution in [0.5, 0.6) is 0 Å². The molecule has 0 aliphatic carbocycles. The molecule has 13 heavy (non-hydrogen) atoms. The Morgan fingerprint density at radius 2 is 2.00 bits per heavy atom. The van der Waals surface area contributed by atoms with Crippen molar-refractivity contribution in [2.45, 2.75) is 24.8 Å². The normalized spacial score (nSPS) is 27.6. The van der Waals surface area contributed by atoms with Gasteiger partial charge in [0.25, 0.3) is 0 Å². The predicted octanol–water partition coefficient (Wildman–Crippen LogP) is 0.435. The molecule has 1 spiro atoms. The SMILES string of the molecule is CN1CCC2(CC1)CC(=O)CN2.Cl. The molecule has 2 rings (SSSR count). The van der Waals surface area contributed by atoms with Gasteiger partial charge < -0.3 is 10.2 Å². The molecule has 1 N–H and O–H groups in total. The first-order valence-electron chi connectivity index (χ1n) is 4.66. The highest BCUT2D eigenvalue weighted by atomic mass is 35.5. The third-order valence-electron chi connectivity index (χ3n) is 3.14. The Bertz CT molecular complexity index is 200. The molecule has 3 nitrogen and oxygen atoms in total. The quantitative estimate of drug-likeness (QED) is 0.622. The maximum Gasteiger partial charge on any atom is 0.148 e. The summed E-state index contributed by atoms with van der Waals surface area (Å²) in [5.74, 6) is 0.388. The van der Waals surface area contributed by atoms with Crippen molar-refractivity contribution in [3.8, 4) is 0 Å². The monoisotopic (exact) mass is 204 g/mol. The molecule has 76 valence electrons. The zero-order chi connectivity index (χ0) is 8.60. The zero-order valence-corrected chi connectivity index (χ0v) is 8.82. The van der Waals surface area contributed by atoms with Crippen molar-refractivity contribution in [3.63, 3.8) is 0 Å². The van der Waals surface area contributed by atoms with E-state index in [0.29, 0.717) is 12.3 Å². The Morgan fingerprint density at radius 3 is 2.46 bits per heavy atom. The van der Waals surface area contributed by atoms with E-state index in [4.69, 9.17) is 0 Å². The molecule has 0 unspecified atom stereocenters. The molecular weight excluding hydrogens is 188 g/mol. The number of nitrogens with one attached hydrogen (secondary N) is 1. The van der Waals surface area contributed by atoms with Crippen molar-refractivity contribution < 1.29 is 4.79 Å². The smallest absolute Gasteiger partial charge is 0.148 e. The third-order valence-corrected chi connectivity index (χ3v) is 3.14. The van der Waals surface area contributed by atoms with Gasteiger partial charge in [0.2, 0.25) is 0 Å². The number of Topliss-reactive ketones (excluding diaryl/α,β-unsaturated/α-hetero) is 1. The molecule has 2 aliphatic rings. The molecule has 0 saturated carbocycles. The lowest BCUT2D eigenvalue weighted by Crippen LogP contribution is -2.48. The topological polar surface area (TPSA) is 32.3 Å². The van der Waals surface area contributed by atoms with Crippen LogP contribution in [0.3, 0.4) is 0 Å². The predicted molar refractivity (Wildman–Crippen MR) is 54.3 cm³/mol. The number of hydrogen-bond acceptors (Lipinski definition) is 3. The Hall–Kier alpha value is -0.120. The van der Waals surface area contributed by atoms with Crippen LogP contribution in [0.1, 0.15) is 19.3 Å². The summed E-state index contributed by atoms with van der Waals surface area (Å²) in [4.78, 5) is 13.5. The second-order valence-corrected chi connectivity index (χ2v) is 4.15. The number of carbonyl (C=O) groups excluding carboxylic acids is 1. The average molecular weight is 205 g/mol. The molecule has 0 radical (unpaired) electrons. The van der Waals surface area contributed by atoms with E-state index in [-0.39, 0.29) is 17.9 Å². The largest absolute Gasteiger partial charge is 0.306 e. The Balaban J connectivity index is 0.000000845. The van der Waals surface area contributed by atoms with Crippen LogP contribution in [0.15, 0.2) is 0 Å². The molecule has 0 aromatic rings. The van der Waals surface area contributed by atoms with Crippen molar-refractivity contribution in [2.75, 3.05) is 26.7 Å². The number of hydrogen-bond donors (Lipinski definition) is 1. The molecule has 0 atom stereocenters. The highest BCUT2D eigenvalue weighted by molar-refractivity contribution is 5.85. The van der Waals surface area contributed by atoms with Gasteiger partial charge in [-0.2, -0.15) is 0 Å². The lowest BCUT2D eigenvalue weighted by atomic mass is 9.86. The Kier molecular flexibility index (Phi) is 3.33. The third kappa shape index (κ3) is 2.22. The molecule has 2 saturated heterocycles. The van der Waals surface area contributed by atoms with E-state index < -0.39 is 0 Å². The van der Waals surface area contributed by atoms with Gasteiger partial charge in [-0.3, -0.25) is 4.79 Å². The molecule has 0 aromatic carbocycles. The van der Waals surface area contributed by atoms with E-state index in [0.717, 1.165) is 32.4 Å². The zero-order valence-electron chi connectivity index (χ0n) is 8.01. The average Bonchev–Trinajstić information content (AvgIpc) is 2.40. The first-order chi connectivity index (χ1) is 5.70. The van der Waals surface area contributed by atoms with Gasteiger partial charge >= 0.3 is 0 Å². The lowest BCUT2D eigenvalue weighted by molar-refractivity contribution is -0.116. The summed E-state index contributed by atoms with van der Waals surface area (Å²) in [6.45, 7) is 2.85. The first-order valence-corrected chi connectivity index (χ1v) is 4.66. The number of likely N-dealkylation sites (tertiary alicyclic amines) is 1. The fourth-order valence-corrected chi connectivity index (χ4v) is 2.19. The summed E-state index contributed by atoms with van der Waals surface area (Å²) in [5.41, 5.74) is 0.184. The summed E-state index contributed by atoms with van der Waals surface area (Å²) >= 11 is 0. The van der Waals surface area contributed by atoms with Crippen molar-refractivity contribution in [1.82, 2.24) is 10.2 Å². The number of rotatable bonds is 0. The fourth-order valence-electron chi connectivity index (χ4n) is 2.19. The van der Waals surface area contributed by atoms with Gasteiger partial charge in [-0.25, -0.2) is 0 Å². The molecule has 0 amide bonds. The number of carbonyl (C=O) groups is 1. The van der Waals surface area contributed by atoms with Gasteiger partial charge in [0.05, 0.1) is 6.54 Å². The van der Waals surface area contributed by atoms with Crippen LogP contribution in [0.2, 0.25) is 0 Å². The van der Waals surface area contributed by atoms with Crippen LogP contribution >= 0.6 is 12.4 Å². The van der Waals surface area contributed by atoms with Gasteiger partial charge in [-0.15, -0.1) is 12.4 Å². The van der Waals surface area contributed by atoms with E-state index in [1.807, 2.05) is 0 Å². The first kappa shape index (κ1) is 11.0. The Labute approximate surface area is 85.3 Å².